The van der Waals surface area contributed by atoms with Gasteiger partial charge in [-0.2, -0.15) is 4.31 Å². The van der Waals surface area contributed by atoms with Gasteiger partial charge >= 0.3 is 0 Å². The molecular formula is C19H25N3O5S. The molecule has 2 rings (SSSR count). The van der Waals surface area contributed by atoms with Crippen LogP contribution in [0.4, 0.5) is 5.69 Å². The summed E-state index contributed by atoms with van der Waals surface area (Å²) in [7, 11) is -2.09. The van der Waals surface area contributed by atoms with E-state index in [1.807, 2.05) is 0 Å². The average Bonchev–Trinajstić information content (AvgIpc) is 2.70. The molecule has 0 bridgehead atoms. The number of hydrogen-bond acceptors (Lipinski definition) is 6. The minimum atomic E-state index is -3.65. The van der Waals surface area contributed by atoms with Crippen molar-refractivity contribution in [3.05, 3.63) is 48.2 Å². The minimum absolute atomic E-state index is 0.0756. The maximum absolute atomic E-state index is 12.7. The van der Waals surface area contributed by atoms with Crippen molar-refractivity contribution in [2.24, 2.45) is 0 Å². The molecule has 1 amide bonds. The van der Waals surface area contributed by atoms with Crippen molar-refractivity contribution in [2.45, 2.75) is 18.7 Å². The molecule has 0 aliphatic carbocycles. The molecular weight excluding hydrogens is 382 g/mol. The molecule has 0 atom stereocenters. The number of anilines is 1. The Labute approximate surface area is 165 Å². The number of hydrogen-bond donors (Lipinski definition) is 1. The van der Waals surface area contributed by atoms with Gasteiger partial charge in [-0.05, 0) is 30.3 Å². The molecule has 28 heavy (non-hydrogen) atoms. The maximum atomic E-state index is 12.7. The lowest BCUT2D eigenvalue weighted by atomic mass is 10.2. The lowest BCUT2D eigenvalue weighted by Gasteiger charge is -2.18. The van der Waals surface area contributed by atoms with E-state index in [1.165, 1.54) is 16.4 Å². The Morgan fingerprint density at radius 1 is 1.14 bits per heavy atom. The Morgan fingerprint density at radius 3 is 2.57 bits per heavy atom. The first kappa shape index (κ1) is 21.8. The molecule has 1 aromatic carbocycles. The van der Waals surface area contributed by atoms with Crippen molar-refractivity contribution in [1.29, 1.82) is 0 Å². The molecule has 0 fully saturated rings. The summed E-state index contributed by atoms with van der Waals surface area (Å²) in [6, 6.07) is 9.27. The van der Waals surface area contributed by atoms with Gasteiger partial charge in [-0.15, -0.1) is 0 Å². The fourth-order valence-electron chi connectivity index (χ4n) is 2.53. The third-order valence-electron chi connectivity index (χ3n) is 3.99. The first-order valence-corrected chi connectivity index (χ1v) is 10.4. The van der Waals surface area contributed by atoms with Crippen LogP contribution in [0, 0.1) is 0 Å². The highest BCUT2D eigenvalue weighted by molar-refractivity contribution is 7.89. The van der Waals surface area contributed by atoms with Crippen molar-refractivity contribution >= 4 is 21.6 Å². The molecule has 0 saturated heterocycles. The van der Waals surface area contributed by atoms with E-state index in [4.69, 9.17) is 9.47 Å². The van der Waals surface area contributed by atoms with Gasteiger partial charge in [0.15, 0.2) is 0 Å². The van der Waals surface area contributed by atoms with Gasteiger partial charge in [0, 0.05) is 32.0 Å². The van der Waals surface area contributed by atoms with Crippen LogP contribution >= 0.6 is 0 Å². The molecule has 0 aliphatic heterocycles. The molecule has 1 aromatic heterocycles. The molecule has 9 heteroatoms. The number of amides is 1. The summed E-state index contributed by atoms with van der Waals surface area (Å²) in [6.07, 6.45) is 1.55. The highest BCUT2D eigenvalue weighted by Crippen LogP contribution is 2.22. The van der Waals surface area contributed by atoms with Crippen LogP contribution in [0.3, 0.4) is 0 Å². The second-order valence-electron chi connectivity index (χ2n) is 5.77. The summed E-state index contributed by atoms with van der Waals surface area (Å²) in [5, 5.41) is 2.71. The molecule has 0 aliphatic rings. The van der Waals surface area contributed by atoms with Gasteiger partial charge in [0.05, 0.1) is 11.5 Å². The maximum Gasteiger partial charge on any atom is 0.255 e. The Balaban J connectivity index is 2.23. The quantitative estimate of drug-likeness (QED) is 0.608. The van der Waals surface area contributed by atoms with Crippen molar-refractivity contribution in [2.75, 3.05) is 38.7 Å². The lowest BCUT2D eigenvalue weighted by molar-refractivity contribution is 0.102. The number of nitrogens with one attached hydrogen (secondary N) is 1. The van der Waals surface area contributed by atoms with Gasteiger partial charge < -0.3 is 14.8 Å². The van der Waals surface area contributed by atoms with Crippen LogP contribution < -0.4 is 10.1 Å². The molecule has 0 saturated carbocycles. The molecule has 0 radical (unpaired) electrons. The van der Waals surface area contributed by atoms with E-state index in [1.54, 1.807) is 51.4 Å². The van der Waals surface area contributed by atoms with Gasteiger partial charge in [0.1, 0.15) is 12.3 Å². The number of carbonyl (C=O) groups excluding carboxylic acids is 1. The zero-order chi connectivity index (χ0) is 20.6. The highest BCUT2D eigenvalue weighted by Gasteiger charge is 2.22. The van der Waals surface area contributed by atoms with Crippen LogP contribution in [-0.4, -0.2) is 57.0 Å². The zero-order valence-corrected chi connectivity index (χ0v) is 17.0. The molecule has 1 N–H and O–H groups in total. The van der Waals surface area contributed by atoms with E-state index < -0.39 is 15.9 Å². The third kappa shape index (κ3) is 5.28. The molecule has 0 unspecified atom stereocenters. The third-order valence-corrected chi connectivity index (χ3v) is 6.03. The molecule has 0 spiro atoms. The molecule has 1 heterocycles. The van der Waals surface area contributed by atoms with E-state index >= 15 is 0 Å². The van der Waals surface area contributed by atoms with E-state index in [0.717, 1.165) is 0 Å². The number of aromatic nitrogens is 1. The first-order valence-electron chi connectivity index (χ1n) is 8.92. The Kier molecular flexibility index (Phi) is 7.91. The van der Waals surface area contributed by atoms with Crippen molar-refractivity contribution in [3.8, 4) is 5.88 Å². The van der Waals surface area contributed by atoms with Gasteiger partial charge in [0.25, 0.3) is 5.91 Å². The van der Waals surface area contributed by atoms with Crippen molar-refractivity contribution in [3.63, 3.8) is 0 Å². The monoisotopic (exact) mass is 407 g/mol. The molecule has 8 nitrogen and oxygen atoms in total. The smallest absolute Gasteiger partial charge is 0.255 e. The number of rotatable bonds is 10. The fraction of sp³-hybridized carbons (Fsp3) is 0.368. The van der Waals surface area contributed by atoms with Crippen LogP contribution in [0.2, 0.25) is 0 Å². The van der Waals surface area contributed by atoms with E-state index in [2.05, 4.69) is 10.3 Å². The summed E-state index contributed by atoms with van der Waals surface area (Å²) in [5.74, 6) is -0.194. The highest BCUT2D eigenvalue weighted by atomic mass is 32.2. The van der Waals surface area contributed by atoms with E-state index in [0.29, 0.717) is 25.4 Å². The Hall–Kier alpha value is -2.49. The van der Waals surface area contributed by atoms with Gasteiger partial charge in [-0.1, -0.05) is 19.9 Å². The predicted octanol–water partition coefficient (Wildman–Crippen LogP) is 2.39. The summed E-state index contributed by atoms with van der Waals surface area (Å²) in [4.78, 5) is 16.8. The summed E-state index contributed by atoms with van der Waals surface area (Å²) in [6.45, 7) is 4.92. The van der Waals surface area contributed by atoms with E-state index in [-0.39, 0.29) is 22.9 Å². The normalized spacial score (nSPS) is 11.4. The van der Waals surface area contributed by atoms with Crippen LogP contribution in [-0.2, 0) is 14.8 Å². The largest absolute Gasteiger partial charge is 0.474 e. The standard InChI is InChI=1S/C19H25N3O5S/c1-4-22(5-2)28(24,25)16-9-6-8-15(14-16)18(23)21-17-10-7-11-20-19(17)27-13-12-26-3/h6-11,14H,4-5,12-13H2,1-3H3,(H,21,23). The second-order valence-corrected chi connectivity index (χ2v) is 7.71. The number of sulfonamides is 1. The number of ether oxygens (including phenoxy) is 2. The molecule has 2 aromatic rings. The van der Waals surface area contributed by atoms with E-state index in [9.17, 15) is 13.2 Å². The lowest BCUT2D eigenvalue weighted by Crippen LogP contribution is -2.30. The SMILES string of the molecule is CCN(CC)S(=O)(=O)c1cccc(C(=O)Nc2cccnc2OCCOC)c1. The Bertz CT molecular complexity index is 898. The number of benzene rings is 1. The number of methoxy groups -OCH3 is 1. The van der Waals surface area contributed by atoms with Gasteiger partial charge in [-0.25, -0.2) is 13.4 Å². The fourth-order valence-corrected chi connectivity index (χ4v) is 4.03. The number of pyridine rings is 1. The first-order chi connectivity index (χ1) is 13.4. The minimum Gasteiger partial charge on any atom is -0.474 e. The predicted molar refractivity (Wildman–Crippen MR) is 106 cm³/mol. The van der Waals surface area contributed by atoms with Gasteiger partial charge in [-0.3, -0.25) is 4.79 Å². The van der Waals surface area contributed by atoms with Crippen molar-refractivity contribution < 1.29 is 22.7 Å². The number of nitrogens with zero attached hydrogens (tertiary/aromatic N) is 2. The van der Waals surface area contributed by atoms with Crippen LogP contribution in [0.5, 0.6) is 5.88 Å². The Morgan fingerprint density at radius 2 is 1.89 bits per heavy atom. The average molecular weight is 407 g/mol. The second kappa shape index (κ2) is 10.2. The molecule has 152 valence electrons. The summed E-state index contributed by atoms with van der Waals surface area (Å²) in [5.41, 5.74) is 0.612. The van der Waals surface area contributed by atoms with Crippen LogP contribution in [0.25, 0.3) is 0 Å². The summed E-state index contributed by atoms with van der Waals surface area (Å²) >= 11 is 0. The van der Waals surface area contributed by atoms with Gasteiger partial charge in [0.2, 0.25) is 15.9 Å². The van der Waals surface area contributed by atoms with Crippen molar-refractivity contribution in [1.82, 2.24) is 9.29 Å². The summed E-state index contributed by atoms with van der Waals surface area (Å²) < 4.78 is 37.1. The number of carbonyl (C=O) groups is 1. The van der Waals surface area contributed by atoms with Crippen LogP contribution in [0.15, 0.2) is 47.5 Å². The zero-order valence-electron chi connectivity index (χ0n) is 16.2. The topological polar surface area (TPSA) is 97.8 Å². The van der Waals surface area contributed by atoms with Crippen LogP contribution in [0.1, 0.15) is 24.2 Å².